The number of hydrogen-bond donors (Lipinski definition) is 1. The molecule has 122 valence electrons. The third-order valence-corrected chi connectivity index (χ3v) is 4.93. The predicted molar refractivity (Wildman–Crippen MR) is 81.3 cm³/mol. The van der Waals surface area contributed by atoms with Crippen molar-refractivity contribution in [1.82, 2.24) is 4.90 Å². The van der Waals surface area contributed by atoms with Crippen LogP contribution in [0.2, 0.25) is 0 Å². The van der Waals surface area contributed by atoms with Gasteiger partial charge < -0.3 is 10.0 Å². The number of nitrogens with zero attached hydrogens (tertiary/aromatic N) is 1. The van der Waals surface area contributed by atoms with Crippen molar-refractivity contribution in [2.75, 3.05) is 13.1 Å². The predicted octanol–water partition coefficient (Wildman–Crippen LogP) is 4.20. The maximum atomic E-state index is 15.0. The van der Waals surface area contributed by atoms with Crippen LogP contribution in [0.5, 0.6) is 0 Å². The number of hydrogen-bond acceptors (Lipinski definition) is 2. The summed E-state index contributed by atoms with van der Waals surface area (Å²) < 4.78 is 30.1. The van der Waals surface area contributed by atoms with Gasteiger partial charge in [-0.25, -0.2) is 0 Å². The number of halogens is 2. The van der Waals surface area contributed by atoms with Crippen LogP contribution in [0.4, 0.5) is 8.78 Å². The summed E-state index contributed by atoms with van der Waals surface area (Å²) in [6.07, 6.45) is 2.91. The summed E-state index contributed by atoms with van der Waals surface area (Å²) >= 11 is 0. The van der Waals surface area contributed by atoms with Crippen molar-refractivity contribution in [1.29, 1.82) is 0 Å². The highest BCUT2D eigenvalue weighted by molar-refractivity contribution is 5.19. The molecule has 0 aromatic carbocycles. The van der Waals surface area contributed by atoms with Gasteiger partial charge in [-0.15, -0.1) is 0 Å². The first kappa shape index (κ1) is 16.7. The van der Waals surface area contributed by atoms with E-state index in [0.29, 0.717) is 13.1 Å². The first-order valence-electron chi connectivity index (χ1n) is 7.93. The molecular formula is C17H29F2NO. The highest BCUT2D eigenvalue weighted by atomic mass is 19.3. The lowest BCUT2D eigenvalue weighted by Gasteiger charge is -2.52. The summed E-state index contributed by atoms with van der Waals surface area (Å²) in [7, 11) is 0. The van der Waals surface area contributed by atoms with E-state index in [9.17, 15) is 5.11 Å². The average Bonchev–Trinajstić information content (AvgIpc) is 2.75. The van der Waals surface area contributed by atoms with Crippen LogP contribution in [0.1, 0.15) is 59.8 Å². The molecule has 1 saturated carbocycles. The third-order valence-electron chi connectivity index (χ3n) is 4.93. The van der Waals surface area contributed by atoms with Gasteiger partial charge in [-0.2, -0.15) is 8.78 Å². The van der Waals surface area contributed by atoms with Gasteiger partial charge in [-0.1, -0.05) is 34.3 Å². The largest absolute Gasteiger partial charge is 0.383 e. The van der Waals surface area contributed by atoms with Crippen molar-refractivity contribution in [2.45, 2.75) is 71.3 Å². The summed E-state index contributed by atoms with van der Waals surface area (Å²) in [5.74, 6) is -3.27. The topological polar surface area (TPSA) is 23.5 Å². The van der Waals surface area contributed by atoms with Crippen molar-refractivity contribution >= 4 is 0 Å². The monoisotopic (exact) mass is 301 g/mol. The van der Waals surface area contributed by atoms with Crippen LogP contribution in [-0.2, 0) is 0 Å². The molecule has 0 aromatic rings. The molecule has 2 fully saturated rings. The van der Waals surface area contributed by atoms with Gasteiger partial charge in [0, 0.05) is 13.1 Å². The molecular weight excluding hydrogens is 272 g/mol. The van der Waals surface area contributed by atoms with Crippen LogP contribution in [0.25, 0.3) is 0 Å². The van der Waals surface area contributed by atoms with E-state index >= 15 is 8.78 Å². The molecule has 1 N–H and O–H groups in total. The van der Waals surface area contributed by atoms with Crippen molar-refractivity contribution in [3.63, 3.8) is 0 Å². The number of likely N-dealkylation sites (tertiary alicyclic amines) is 1. The maximum Gasteiger partial charge on any atom is 0.314 e. The number of rotatable bonds is 3. The van der Waals surface area contributed by atoms with Gasteiger partial charge in [0.25, 0.3) is 0 Å². The van der Waals surface area contributed by atoms with Crippen LogP contribution in [0.3, 0.4) is 0 Å². The maximum absolute atomic E-state index is 15.0. The van der Waals surface area contributed by atoms with Crippen LogP contribution in [0, 0.1) is 10.8 Å². The molecule has 21 heavy (non-hydrogen) atoms. The van der Waals surface area contributed by atoms with Gasteiger partial charge in [0.15, 0.2) is 0 Å². The van der Waals surface area contributed by atoms with Crippen molar-refractivity contribution in [3.8, 4) is 0 Å². The third kappa shape index (κ3) is 3.10. The summed E-state index contributed by atoms with van der Waals surface area (Å²) in [5, 5.41) is 10.9. The summed E-state index contributed by atoms with van der Waals surface area (Å²) in [6, 6.07) is 0. The Hall–Kier alpha value is -0.640. The SMILES string of the molecule is C=C(N1CCCC1)C(F)(F)C1(O)CC(C)(C)CC(C)(C)C1. The van der Waals surface area contributed by atoms with E-state index in [-0.39, 0.29) is 29.4 Å². The molecule has 1 saturated heterocycles. The molecule has 0 aromatic heterocycles. The molecule has 1 heterocycles. The fourth-order valence-corrected chi connectivity index (χ4v) is 4.74. The minimum atomic E-state index is -3.27. The van der Waals surface area contributed by atoms with Crippen LogP contribution in [0.15, 0.2) is 12.3 Å². The Morgan fingerprint density at radius 2 is 1.43 bits per heavy atom. The summed E-state index contributed by atoms with van der Waals surface area (Å²) in [4.78, 5) is 1.65. The Morgan fingerprint density at radius 3 is 1.86 bits per heavy atom. The van der Waals surface area contributed by atoms with Gasteiger partial charge in [0.1, 0.15) is 5.60 Å². The first-order valence-corrected chi connectivity index (χ1v) is 7.93. The second kappa shape index (κ2) is 4.94. The lowest BCUT2D eigenvalue weighted by Crippen LogP contribution is -2.59. The van der Waals surface area contributed by atoms with Gasteiger partial charge in [0.05, 0.1) is 5.70 Å². The molecule has 1 aliphatic heterocycles. The summed E-state index contributed by atoms with van der Waals surface area (Å²) in [6.45, 7) is 12.7. The van der Waals surface area contributed by atoms with E-state index in [1.807, 2.05) is 27.7 Å². The molecule has 0 unspecified atom stereocenters. The number of alkyl halides is 2. The van der Waals surface area contributed by atoms with Crippen molar-refractivity contribution in [2.24, 2.45) is 10.8 Å². The molecule has 4 heteroatoms. The minimum absolute atomic E-state index is 0.114. The average molecular weight is 301 g/mol. The second-order valence-electron chi connectivity index (χ2n) is 8.61. The van der Waals surface area contributed by atoms with Crippen LogP contribution < -0.4 is 0 Å². The molecule has 0 amide bonds. The highest BCUT2D eigenvalue weighted by Gasteiger charge is 2.61. The Bertz CT molecular complexity index is 407. The quantitative estimate of drug-likeness (QED) is 0.844. The van der Waals surface area contributed by atoms with Crippen LogP contribution in [-0.4, -0.2) is 34.6 Å². The standard InChI is InChI=1S/C17H29F2NO/c1-13(20-8-6-7-9-20)17(18,19)16(21)11-14(2,3)10-15(4,5)12-16/h21H,1,6-12H2,2-5H3. The van der Waals surface area contributed by atoms with E-state index in [4.69, 9.17) is 0 Å². The Balaban J connectivity index is 2.29. The lowest BCUT2D eigenvalue weighted by molar-refractivity contribution is -0.216. The lowest BCUT2D eigenvalue weighted by atomic mass is 9.58. The van der Waals surface area contributed by atoms with Gasteiger partial charge in [-0.3, -0.25) is 0 Å². The van der Waals surface area contributed by atoms with Gasteiger partial charge >= 0.3 is 5.92 Å². The minimum Gasteiger partial charge on any atom is -0.383 e. The van der Waals surface area contributed by atoms with Crippen LogP contribution >= 0.6 is 0 Å². The first-order chi connectivity index (χ1) is 9.39. The Morgan fingerprint density at radius 1 is 1.00 bits per heavy atom. The zero-order valence-electron chi connectivity index (χ0n) is 13.8. The van der Waals surface area contributed by atoms with Crippen molar-refractivity contribution in [3.05, 3.63) is 12.3 Å². The van der Waals surface area contributed by atoms with E-state index in [0.717, 1.165) is 19.3 Å². The molecule has 0 spiro atoms. The van der Waals surface area contributed by atoms with Gasteiger partial charge in [-0.05, 0) is 42.9 Å². The zero-order chi connectivity index (χ0) is 16.1. The van der Waals surface area contributed by atoms with Crippen molar-refractivity contribution < 1.29 is 13.9 Å². The molecule has 2 aliphatic rings. The highest BCUT2D eigenvalue weighted by Crippen LogP contribution is 2.56. The van der Waals surface area contributed by atoms with E-state index in [1.54, 1.807) is 4.90 Å². The van der Waals surface area contributed by atoms with E-state index < -0.39 is 11.5 Å². The molecule has 2 nitrogen and oxygen atoms in total. The zero-order valence-corrected chi connectivity index (χ0v) is 13.8. The fourth-order valence-electron chi connectivity index (χ4n) is 4.74. The smallest absolute Gasteiger partial charge is 0.314 e. The Kier molecular flexibility index (Phi) is 3.93. The van der Waals surface area contributed by atoms with E-state index in [2.05, 4.69) is 6.58 Å². The molecule has 0 radical (unpaired) electrons. The number of aliphatic hydroxyl groups is 1. The molecule has 1 aliphatic carbocycles. The molecule has 0 atom stereocenters. The van der Waals surface area contributed by atoms with E-state index in [1.165, 1.54) is 0 Å². The molecule has 0 bridgehead atoms. The van der Waals surface area contributed by atoms with Gasteiger partial charge in [0.2, 0.25) is 0 Å². The fraction of sp³-hybridized carbons (Fsp3) is 0.882. The Labute approximate surface area is 127 Å². The molecule has 2 rings (SSSR count). The summed E-state index contributed by atoms with van der Waals surface area (Å²) in [5.41, 5.74) is -2.80. The normalized spacial score (nSPS) is 27.7. The second-order valence-corrected chi connectivity index (χ2v) is 8.61.